The predicted octanol–water partition coefficient (Wildman–Crippen LogP) is 5.20. The Morgan fingerprint density at radius 1 is 0.850 bits per heavy atom. The molecule has 1 atom stereocenters. The van der Waals surface area contributed by atoms with E-state index in [0.29, 0.717) is 24.2 Å². The van der Waals surface area contributed by atoms with Crippen molar-refractivity contribution in [2.24, 2.45) is 5.73 Å². The van der Waals surface area contributed by atoms with Crippen LogP contribution in [0.3, 0.4) is 0 Å². The number of halogens is 1. The Morgan fingerprint density at radius 2 is 1.55 bits per heavy atom. The van der Waals surface area contributed by atoms with Crippen molar-refractivity contribution in [3.05, 3.63) is 130 Å². The Balaban J connectivity index is 1.70. The largest absolute Gasteiger partial charge is 0.479 e. The van der Waals surface area contributed by atoms with Crippen molar-refractivity contribution in [3.8, 4) is 11.1 Å². The molecule has 4 rings (SSSR count). The van der Waals surface area contributed by atoms with Crippen LogP contribution in [0.15, 0.2) is 108 Å². The topological polar surface area (TPSA) is 113 Å². The molecule has 2 amide bonds. The SMILES string of the molecule is NCCNC(=O)c1ccccc1-c1cccc(CN(C(=O)Cc2ccc(Br)cc2)C(C(=O)O)c2ccccc2)c1. The number of rotatable bonds is 11. The Bertz CT molecular complexity index is 1480. The van der Waals surface area contributed by atoms with E-state index in [0.717, 1.165) is 26.7 Å². The summed E-state index contributed by atoms with van der Waals surface area (Å²) in [6.07, 6.45) is 0.0493. The zero-order valence-electron chi connectivity index (χ0n) is 21.8. The van der Waals surface area contributed by atoms with Crippen LogP contribution in [-0.4, -0.2) is 40.9 Å². The number of carbonyl (C=O) groups excluding carboxylic acids is 2. The summed E-state index contributed by atoms with van der Waals surface area (Å²) >= 11 is 3.41. The number of carboxylic acid groups (broad SMARTS) is 1. The van der Waals surface area contributed by atoms with Crippen molar-refractivity contribution >= 4 is 33.7 Å². The fourth-order valence-corrected chi connectivity index (χ4v) is 4.81. The number of nitrogens with one attached hydrogen (secondary N) is 1. The molecule has 0 heterocycles. The zero-order valence-corrected chi connectivity index (χ0v) is 23.4. The first kappa shape index (κ1) is 28.7. The highest BCUT2D eigenvalue weighted by atomic mass is 79.9. The van der Waals surface area contributed by atoms with Crippen LogP contribution < -0.4 is 11.1 Å². The Morgan fingerprint density at radius 3 is 2.25 bits per heavy atom. The van der Waals surface area contributed by atoms with Gasteiger partial charge in [-0.3, -0.25) is 9.59 Å². The molecule has 0 saturated heterocycles. The molecule has 4 aromatic carbocycles. The van der Waals surface area contributed by atoms with Crippen LogP contribution in [-0.2, 0) is 22.6 Å². The van der Waals surface area contributed by atoms with Gasteiger partial charge in [-0.2, -0.15) is 0 Å². The van der Waals surface area contributed by atoms with Crippen LogP contribution in [0, 0.1) is 0 Å². The van der Waals surface area contributed by atoms with Crippen LogP contribution in [0.2, 0.25) is 0 Å². The minimum absolute atomic E-state index is 0.0493. The Labute approximate surface area is 241 Å². The molecule has 0 fully saturated rings. The summed E-state index contributed by atoms with van der Waals surface area (Å²) in [6.45, 7) is 0.759. The highest BCUT2D eigenvalue weighted by Gasteiger charge is 2.31. The molecule has 0 aliphatic heterocycles. The van der Waals surface area contributed by atoms with Crippen LogP contribution in [0.5, 0.6) is 0 Å². The number of hydrogen-bond donors (Lipinski definition) is 3. The van der Waals surface area contributed by atoms with E-state index >= 15 is 0 Å². The van der Waals surface area contributed by atoms with Crippen molar-refractivity contribution in [3.63, 3.8) is 0 Å². The molecule has 0 radical (unpaired) electrons. The number of carbonyl (C=O) groups is 3. The van der Waals surface area contributed by atoms with E-state index in [1.54, 1.807) is 42.5 Å². The number of hydrogen-bond acceptors (Lipinski definition) is 4. The Kier molecular flexibility index (Phi) is 9.83. The number of nitrogens with zero attached hydrogens (tertiary/aromatic N) is 1. The normalized spacial score (nSPS) is 11.4. The molecule has 8 heteroatoms. The zero-order chi connectivity index (χ0) is 28.5. The average Bonchev–Trinajstić information content (AvgIpc) is 2.97. The number of nitrogens with two attached hydrogens (primary N) is 1. The summed E-state index contributed by atoms with van der Waals surface area (Å²) in [7, 11) is 0. The monoisotopic (exact) mass is 599 g/mol. The molecule has 0 bridgehead atoms. The standard InChI is InChI=1S/C32H30BrN3O4/c33-26-15-13-22(14-16-26)20-29(37)36(30(32(39)40)24-8-2-1-3-9-24)21-23-7-6-10-25(19-23)27-11-4-5-12-28(27)31(38)35-18-17-34/h1-16,19,30H,17-18,20-21,34H2,(H,35,38)(H,39,40). The molecule has 0 spiro atoms. The summed E-state index contributed by atoms with van der Waals surface area (Å²) in [5, 5.41) is 13.1. The van der Waals surface area contributed by atoms with Gasteiger partial charge in [0.15, 0.2) is 6.04 Å². The smallest absolute Gasteiger partial charge is 0.331 e. The fourth-order valence-electron chi connectivity index (χ4n) is 4.54. The van der Waals surface area contributed by atoms with Gasteiger partial charge < -0.3 is 21.1 Å². The van der Waals surface area contributed by atoms with Gasteiger partial charge in [0.1, 0.15) is 0 Å². The van der Waals surface area contributed by atoms with E-state index in [9.17, 15) is 19.5 Å². The number of carboxylic acids is 1. The van der Waals surface area contributed by atoms with Crippen molar-refractivity contribution < 1.29 is 19.5 Å². The van der Waals surface area contributed by atoms with Gasteiger partial charge in [0.2, 0.25) is 5.91 Å². The second-order valence-electron chi connectivity index (χ2n) is 9.27. The molecule has 4 N–H and O–H groups in total. The number of benzene rings is 4. The molecule has 0 saturated carbocycles. The van der Waals surface area contributed by atoms with E-state index in [-0.39, 0.29) is 24.8 Å². The molecular weight excluding hydrogens is 570 g/mol. The van der Waals surface area contributed by atoms with Gasteiger partial charge in [0.05, 0.1) is 6.42 Å². The predicted molar refractivity (Wildman–Crippen MR) is 158 cm³/mol. The molecule has 0 aromatic heterocycles. The third-order valence-corrected chi connectivity index (χ3v) is 6.97. The van der Waals surface area contributed by atoms with Gasteiger partial charge in [-0.05, 0) is 52.1 Å². The van der Waals surface area contributed by atoms with Gasteiger partial charge in [-0.25, -0.2) is 4.79 Å². The van der Waals surface area contributed by atoms with E-state index in [2.05, 4.69) is 21.2 Å². The highest BCUT2D eigenvalue weighted by Crippen LogP contribution is 2.28. The fraction of sp³-hybridized carbons (Fsp3) is 0.156. The molecular formula is C32H30BrN3O4. The molecule has 7 nitrogen and oxygen atoms in total. The Hall–Kier alpha value is -4.27. The summed E-state index contributed by atoms with van der Waals surface area (Å²) in [4.78, 5) is 40.5. The van der Waals surface area contributed by atoms with Crippen molar-refractivity contribution in [1.29, 1.82) is 0 Å². The summed E-state index contributed by atoms with van der Waals surface area (Å²) < 4.78 is 0.891. The van der Waals surface area contributed by atoms with Crippen LogP contribution in [0.25, 0.3) is 11.1 Å². The maximum absolute atomic E-state index is 13.7. The summed E-state index contributed by atoms with van der Waals surface area (Å²) in [5.41, 5.74) is 9.58. The quantitative estimate of drug-likeness (QED) is 0.219. The van der Waals surface area contributed by atoms with E-state index in [1.807, 2.05) is 60.7 Å². The number of aliphatic carboxylic acids is 1. The molecule has 204 valence electrons. The lowest BCUT2D eigenvalue weighted by Crippen LogP contribution is -2.39. The van der Waals surface area contributed by atoms with Gasteiger partial charge in [-0.1, -0.05) is 94.8 Å². The van der Waals surface area contributed by atoms with Gasteiger partial charge >= 0.3 is 5.97 Å². The first-order valence-corrected chi connectivity index (χ1v) is 13.6. The van der Waals surface area contributed by atoms with Crippen LogP contribution in [0.1, 0.15) is 33.1 Å². The molecule has 40 heavy (non-hydrogen) atoms. The van der Waals surface area contributed by atoms with E-state index in [4.69, 9.17) is 5.73 Å². The highest BCUT2D eigenvalue weighted by molar-refractivity contribution is 9.10. The van der Waals surface area contributed by atoms with E-state index in [1.165, 1.54) is 4.90 Å². The van der Waals surface area contributed by atoms with Crippen LogP contribution in [0.4, 0.5) is 0 Å². The van der Waals surface area contributed by atoms with Gasteiger partial charge in [0, 0.05) is 29.7 Å². The first-order chi connectivity index (χ1) is 19.4. The minimum Gasteiger partial charge on any atom is -0.479 e. The lowest BCUT2D eigenvalue weighted by atomic mass is 9.97. The van der Waals surface area contributed by atoms with Crippen LogP contribution >= 0.6 is 15.9 Å². The third-order valence-electron chi connectivity index (χ3n) is 6.44. The van der Waals surface area contributed by atoms with Crippen molar-refractivity contribution in [1.82, 2.24) is 10.2 Å². The third kappa shape index (κ3) is 7.22. The average molecular weight is 601 g/mol. The molecule has 0 aliphatic rings. The second kappa shape index (κ2) is 13.7. The molecule has 1 unspecified atom stereocenters. The molecule has 4 aromatic rings. The van der Waals surface area contributed by atoms with Crippen molar-refractivity contribution in [2.45, 2.75) is 19.0 Å². The lowest BCUT2D eigenvalue weighted by molar-refractivity contribution is -0.151. The summed E-state index contributed by atoms with van der Waals surface area (Å²) in [5.74, 6) is -1.66. The van der Waals surface area contributed by atoms with Crippen molar-refractivity contribution in [2.75, 3.05) is 13.1 Å². The maximum Gasteiger partial charge on any atom is 0.331 e. The first-order valence-electron chi connectivity index (χ1n) is 12.9. The summed E-state index contributed by atoms with van der Waals surface area (Å²) in [6, 6.07) is 29.7. The van der Waals surface area contributed by atoms with Gasteiger partial charge in [-0.15, -0.1) is 0 Å². The number of amides is 2. The second-order valence-corrected chi connectivity index (χ2v) is 10.2. The lowest BCUT2D eigenvalue weighted by Gasteiger charge is -2.30. The maximum atomic E-state index is 13.7. The minimum atomic E-state index is -1.18. The molecule has 0 aliphatic carbocycles. The van der Waals surface area contributed by atoms with E-state index < -0.39 is 12.0 Å². The van der Waals surface area contributed by atoms with Gasteiger partial charge in [0.25, 0.3) is 5.91 Å².